The van der Waals surface area contributed by atoms with Crippen molar-refractivity contribution in [3.05, 3.63) is 29.6 Å². The Morgan fingerprint density at radius 2 is 2.12 bits per heavy atom. The van der Waals surface area contributed by atoms with Crippen LogP contribution in [0, 0.1) is 5.82 Å². The van der Waals surface area contributed by atoms with Gasteiger partial charge in [-0.1, -0.05) is 22.0 Å². The van der Waals surface area contributed by atoms with Gasteiger partial charge in [-0.15, -0.1) is 0 Å². The van der Waals surface area contributed by atoms with Gasteiger partial charge in [0, 0.05) is 25.0 Å². The molecule has 0 atom stereocenters. The highest BCUT2D eigenvalue weighted by atomic mass is 79.9. The lowest BCUT2D eigenvalue weighted by atomic mass is 10.2. The molecule has 0 aliphatic heterocycles. The van der Waals surface area contributed by atoms with Crippen LogP contribution in [0.5, 0.6) is 5.75 Å². The first-order valence-corrected chi connectivity index (χ1v) is 6.45. The Bertz CT molecular complexity index is 318. The van der Waals surface area contributed by atoms with E-state index in [0.717, 1.165) is 12.0 Å². The Kier molecular flexibility index (Phi) is 6.42. The number of benzene rings is 1. The summed E-state index contributed by atoms with van der Waals surface area (Å²) >= 11 is 3.27. The Hall–Kier alpha value is -0.610. The van der Waals surface area contributed by atoms with E-state index in [2.05, 4.69) is 15.9 Å². The summed E-state index contributed by atoms with van der Waals surface area (Å²) in [5, 5.41) is 0.647. The molecular weight excluding hydrogens is 275 g/mol. The molecule has 0 bridgehead atoms. The third-order valence-electron chi connectivity index (χ3n) is 2.05. The minimum Gasteiger partial charge on any atom is -0.490 e. The van der Waals surface area contributed by atoms with Crippen LogP contribution in [0.2, 0.25) is 0 Å². The average molecular weight is 291 g/mol. The number of ether oxygens (including phenoxy) is 2. The second-order valence-corrected chi connectivity index (χ2v) is 3.86. The van der Waals surface area contributed by atoms with Gasteiger partial charge in [0.1, 0.15) is 0 Å². The molecule has 0 radical (unpaired) electrons. The molecule has 0 N–H and O–H groups in total. The maximum Gasteiger partial charge on any atom is 0.165 e. The quantitative estimate of drug-likeness (QED) is 0.565. The molecule has 90 valence electrons. The van der Waals surface area contributed by atoms with Gasteiger partial charge >= 0.3 is 0 Å². The highest BCUT2D eigenvalue weighted by Gasteiger charge is 2.03. The number of hydrogen-bond donors (Lipinski definition) is 0. The molecule has 0 saturated heterocycles. The zero-order chi connectivity index (χ0) is 11.8. The smallest absolute Gasteiger partial charge is 0.165 e. The van der Waals surface area contributed by atoms with Crippen molar-refractivity contribution >= 4 is 15.9 Å². The molecule has 0 spiro atoms. The van der Waals surface area contributed by atoms with Gasteiger partial charge in [0.2, 0.25) is 0 Å². The number of halogens is 2. The van der Waals surface area contributed by atoms with Crippen molar-refractivity contribution < 1.29 is 13.9 Å². The van der Waals surface area contributed by atoms with E-state index in [4.69, 9.17) is 9.47 Å². The highest BCUT2D eigenvalue weighted by Crippen LogP contribution is 2.19. The number of alkyl halides is 1. The Labute approximate surface area is 104 Å². The fraction of sp³-hybridized carbons (Fsp3) is 0.500. The second kappa shape index (κ2) is 7.63. The first-order valence-electron chi connectivity index (χ1n) is 5.33. The van der Waals surface area contributed by atoms with Gasteiger partial charge in [-0.05, 0) is 24.6 Å². The normalized spacial score (nSPS) is 10.4. The SMILES string of the molecule is CCOCCCOc1ccc(CBr)cc1F. The molecule has 0 heterocycles. The van der Waals surface area contributed by atoms with Crippen LogP contribution in [0.25, 0.3) is 0 Å². The lowest BCUT2D eigenvalue weighted by Gasteiger charge is -2.08. The van der Waals surface area contributed by atoms with Gasteiger partial charge in [0.25, 0.3) is 0 Å². The molecule has 0 aliphatic rings. The molecule has 0 saturated carbocycles. The summed E-state index contributed by atoms with van der Waals surface area (Å²) in [5.41, 5.74) is 0.902. The Morgan fingerprint density at radius 3 is 2.75 bits per heavy atom. The van der Waals surface area contributed by atoms with E-state index in [1.807, 2.05) is 13.0 Å². The fourth-order valence-corrected chi connectivity index (χ4v) is 1.58. The summed E-state index contributed by atoms with van der Waals surface area (Å²) in [7, 11) is 0. The molecule has 16 heavy (non-hydrogen) atoms. The number of hydrogen-bond acceptors (Lipinski definition) is 2. The first kappa shape index (κ1) is 13.5. The maximum atomic E-state index is 13.4. The van der Waals surface area contributed by atoms with E-state index in [9.17, 15) is 4.39 Å². The molecule has 2 nitrogen and oxygen atoms in total. The third kappa shape index (κ3) is 4.49. The summed E-state index contributed by atoms with van der Waals surface area (Å²) in [4.78, 5) is 0. The summed E-state index contributed by atoms with van der Waals surface area (Å²) in [6.45, 7) is 3.77. The van der Waals surface area contributed by atoms with E-state index in [1.54, 1.807) is 6.07 Å². The second-order valence-electron chi connectivity index (χ2n) is 3.30. The number of rotatable bonds is 7. The summed E-state index contributed by atoms with van der Waals surface area (Å²) in [6, 6.07) is 4.98. The van der Waals surface area contributed by atoms with Gasteiger partial charge in [-0.2, -0.15) is 0 Å². The van der Waals surface area contributed by atoms with Crippen LogP contribution in [0.3, 0.4) is 0 Å². The van der Waals surface area contributed by atoms with Crippen molar-refractivity contribution in [2.45, 2.75) is 18.7 Å². The maximum absolute atomic E-state index is 13.4. The van der Waals surface area contributed by atoms with Crippen LogP contribution in [-0.2, 0) is 10.1 Å². The van der Waals surface area contributed by atoms with E-state index >= 15 is 0 Å². The zero-order valence-corrected chi connectivity index (χ0v) is 10.9. The van der Waals surface area contributed by atoms with Crippen LogP contribution in [-0.4, -0.2) is 19.8 Å². The molecular formula is C12H16BrFO2. The standard InChI is InChI=1S/C12H16BrFO2/c1-2-15-6-3-7-16-12-5-4-10(9-13)8-11(12)14/h4-5,8H,2-3,6-7,9H2,1H3. The molecule has 1 rings (SSSR count). The van der Waals surface area contributed by atoms with Crippen LogP contribution in [0.1, 0.15) is 18.9 Å². The van der Waals surface area contributed by atoms with Gasteiger partial charge in [-0.3, -0.25) is 0 Å². The minimum absolute atomic E-state index is 0.307. The third-order valence-corrected chi connectivity index (χ3v) is 2.69. The van der Waals surface area contributed by atoms with E-state index in [-0.39, 0.29) is 5.82 Å². The van der Waals surface area contributed by atoms with Crippen molar-refractivity contribution in [1.82, 2.24) is 0 Å². The lowest BCUT2D eigenvalue weighted by Crippen LogP contribution is -2.04. The zero-order valence-electron chi connectivity index (χ0n) is 9.34. The molecule has 1 aromatic rings. The van der Waals surface area contributed by atoms with Crippen LogP contribution < -0.4 is 4.74 Å². The van der Waals surface area contributed by atoms with Gasteiger partial charge in [0.05, 0.1) is 6.61 Å². The Morgan fingerprint density at radius 1 is 1.31 bits per heavy atom. The molecule has 0 aliphatic carbocycles. The van der Waals surface area contributed by atoms with Crippen molar-refractivity contribution in [3.8, 4) is 5.75 Å². The molecule has 0 fully saturated rings. The summed E-state index contributed by atoms with van der Waals surface area (Å²) < 4.78 is 23.9. The lowest BCUT2D eigenvalue weighted by molar-refractivity contribution is 0.130. The van der Waals surface area contributed by atoms with Gasteiger partial charge < -0.3 is 9.47 Å². The van der Waals surface area contributed by atoms with Gasteiger partial charge in [0.15, 0.2) is 11.6 Å². The predicted octanol–water partition coefficient (Wildman–Crippen LogP) is 3.53. The van der Waals surface area contributed by atoms with Crippen molar-refractivity contribution in [1.29, 1.82) is 0 Å². The van der Waals surface area contributed by atoms with Crippen molar-refractivity contribution in [3.63, 3.8) is 0 Å². The van der Waals surface area contributed by atoms with Gasteiger partial charge in [-0.25, -0.2) is 4.39 Å². The summed E-state index contributed by atoms with van der Waals surface area (Å²) in [6.07, 6.45) is 0.771. The predicted molar refractivity (Wildman–Crippen MR) is 65.6 cm³/mol. The Balaban J connectivity index is 2.36. The first-order chi connectivity index (χ1) is 7.77. The monoisotopic (exact) mass is 290 g/mol. The van der Waals surface area contributed by atoms with Crippen molar-refractivity contribution in [2.24, 2.45) is 0 Å². The summed E-state index contributed by atoms with van der Waals surface area (Å²) in [5.74, 6) is -0.00504. The topological polar surface area (TPSA) is 18.5 Å². The van der Waals surface area contributed by atoms with E-state index in [1.165, 1.54) is 6.07 Å². The molecule has 4 heteroatoms. The van der Waals surface area contributed by atoms with Crippen LogP contribution in [0.4, 0.5) is 4.39 Å². The average Bonchev–Trinajstić information content (AvgIpc) is 2.30. The highest BCUT2D eigenvalue weighted by molar-refractivity contribution is 9.08. The van der Waals surface area contributed by atoms with E-state index < -0.39 is 0 Å². The van der Waals surface area contributed by atoms with Crippen LogP contribution >= 0.6 is 15.9 Å². The molecule has 0 aromatic heterocycles. The molecule has 1 aromatic carbocycles. The molecule has 0 unspecified atom stereocenters. The fourth-order valence-electron chi connectivity index (χ4n) is 1.23. The van der Waals surface area contributed by atoms with Crippen LogP contribution in [0.15, 0.2) is 18.2 Å². The molecule has 0 amide bonds. The van der Waals surface area contributed by atoms with E-state index in [0.29, 0.717) is 30.9 Å². The largest absolute Gasteiger partial charge is 0.490 e. The van der Waals surface area contributed by atoms with Crippen molar-refractivity contribution in [2.75, 3.05) is 19.8 Å². The minimum atomic E-state index is -0.312.